The predicted octanol–water partition coefficient (Wildman–Crippen LogP) is 3.01. The quantitative estimate of drug-likeness (QED) is 0.801. The van der Waals surface area contributed by atoms with Crippen LogP contribution in [0.2, 0.25) is 0 Å². The van der Waals surface area contributed by atoms with Gasteiger partial charge in [0, 0.05) is 19.6 Å². The van der Waals surface area contributed by atoms with Gasteiger partial charge in [0.05, 0.1) is 6.17 Å². The molecule has 21 heavy (non-hydrogen) atoms. The van der Waals surface area contributed by atoms with Crippen LogP contribution in [0.25, 0.3) is 0 Å². The van der Waals surface area contributed by atoms with Crippen LogP contribution in [0.5, 0.6) is 0 Å². The van der Waals surface area contributed by atoms with Crippen molar-refractivity contribution in [3.63, 3.8) is 0 Å². The van der Waals surface area contributed by atoms with E-state index in [2.05, 4.69) is 17.1 Å². The Morgan fingerprint density at radius 3 is 2.67 bits per heavy atom. The number of rotatable bonds is 3. The number of likely N-dealkylation sites (tertiary alicyclic amines) is 1. The molecule has 0 N–H and O–H groups in total. The molecule has 1 aromatic rings. The third kappa shape index (κ3) is 3.45. The van der Waals surface area contributed by atoms with Crippen molar-refractivity contribution in [1.29, 1.82) is 0 Å². The summed E-state index contributed by atoms with van der Waals surface area (Å²) in [6, 6.07) is 9.83. The van der Waals surface area contributed by atoms with Gasteiger partial charge in [-0.25, -0.2) is 4.79 Å². The van der Waals surface area contributed by atoms with E-state index >= 15 is 0 Å². The molecule has 1 fully saturated rings. The summed E-state index contributed by atoms with van der Waals surface area (Å²) in [5, 5.41) is 0. The highest BCUT2D eigenvalue weighted by atomic mass is 16.6. The van der Waals surface area contributed by atoms with Crippen molar-refractivity contribution in [3.8, 4) is 0 Å². The summed E-state index contributed by atoms with van der Waals surface area (Å²) < 4.78 is 5.48. The molecular weight excluding hydrogens is 264 g/mol. The van der Waals surface area contributed by atoms with Gasteiger partial charge in [0.25, 0.3) is 0 Å². The van der Waals surface area contributed by atoms with Crippen molar-refractivity contribution in [3.05, 3.63) is 48.0 Å². The molecule has 2 aliphatic rings. The maximum atomic E-state index is 12.4. The maximum absolute atomic E-state index is 12.4. The Morgan fingerprint density at radius 2 is 1.90 bits per heavy atom. The third-order valence-electron chi connectivity index (χ3n) is 4.18. The molecule has 0 radical (unpaired) electrons. The zero-order chi connectivity index (χ0) is 14.5. The lowest BCUT2D eigenvalue weighted by molar-refractivity contribution is 0.0367. The van der Waals surface area contributed by atoms with E-state index in [-0.39, 0.29) is 12.3 Å². The number of amides is 1. The normalized spacial score (nSPS) is 22.5. The Labute approximate surface area is 126 Å². The van der Waals surface area contributed by atoms with E-state index in [0.29, 0.717) is 13.2 Å². The molecule has 0 aromatic heterocycles. The van der Waals surface area contributed by atoms with Crippen LogP contribution in [-0.2, 0) is 11.3 Å². The molecule has 2 heterocycles. The topological polar surface area (TPSA) is 32.8 Å². The van der Waals surface area contributed by atoms with Gasteiger partial charge in [-0.1, -0.05) is 42.5 Å². The van der Waals surface area contributed by atoms with Crippen LogP contribution in [0.15, 0.2) is 42.5 Å². The van der Waals surface area contributed by atoms with Crippen molar-refractivity contribution in [1.82, 2.24) is 9.80 Å². The van der Waals surface area contributed by atoms with E-state index in [1.54, 1.807) is 0 Å². The number of hydrogen-bond donors (Lipinski definition) is 0. The Balaban J connectivity index is 1.60. The van der Waals surface area contributed by atoms with Crippen molar-refractivity contribution in [2.75, 3.05) is 19.6 Å². The van der Waals surface area contributed by atoms with Crippen LogP contribution >= 0.6 is 0 Å². The molecule has 0 bridgehead atoms. The number of benzene rings is 1. The van der Waals surface area contributed by atoms with Crippen LogP contribution in [0, 0.1) is 0 Å². The van der Waals surface area contributed by atoms with Gasteiger partial charge in [0.15, 0.2) is 0 Å². The molecule has 4 heteroatoms. The van der Waals surface area contributed by atoms with Gasteiger partial charge in [-0.15, -0.1) is 0 Å². The summed E-state index contributed by atoms with van der Waals surface area (Å²) in [6.07, 6.45) is 7.54. The van der Waals surface area contributed by atoms with Gasteiger partial charge in [-0.05, 0) is 24.8 Å². The molecule has 2 aliphatic heterocycles. The standard InChI is InChI=1S/C17H22N2O2/c20-17(21-14-15-8-2-1-3-9-15)19-13-5-4-10-16(19)18-11-6-7-12-18/h1-5,8-9,16H,6-7,10-14H2. The number of carbonyl (C=O) groups is 1. The summed E-state index contributed by atoms with van der Waals surface area (Å²) >= 11 is 0. The molecule has 0 spiro atoms. The summed E-state index contributed by atoms with van der Waals surface area (Å²) in [7, 11) is 0. The van der Waals surface area contributed by atoms with Crippen molar-refractivity contribution in [2.45, 2.75) is 32.0 Å². The van der Waals surface area contributed by atoms with E-state index in [0.717, 1.165) is 25.1 Å². The Hall–Kier alpha value is -1.81. The summed E-state index contributed by atoms with van der Waals surface area (Å²) in [6.45, 7) is 3.16. The molecule has 1 atom stereocenters. The minimum absolute atomic E-state index is 0.167. The van der Waals surface area contributed by atoms with Gasteiger partial charge in [0.2, 0.25) is 0 Å². The molecule has 1 unspecified atom stereocenters. The zero-order valence-corrected chi connectivity index (χ0v) is 12.3. The SMILES string of the molecule is O=C(OCc1ccccc1)N1CC=CCC1N1CCCC1. The van der Waals surface area contributed by atoms with Crippen molar-refractivity contribution in [2.24, 2.45) is 0 Å². The molecule has 3 rings (SSSR count). The summed E-state index contributed by atoms with van der Waals surface area (Å²) in [4.78, 5) is 16.6. The van der Waals surface area contributed by atoms with Crippen LogP contribution in [0.4, 0.5) is 4.79 Å². The minimum Gasteiger partial charge on any atom is -0.444 e. The molecule has 1 amide bonds. The predicted molar refractivity (Wildman–Crippen MR) is 81.7 cm³/mol. The first-order valence-electron chi connectivity index (χ1n) is 7.71. The van der Waals surface area contributed by atoms with Crippen molar-refractivity contribution >= 4 is 6.09 Å². The zero-order valence-electron chi connectivity index (χ0n) is 12.3. The molecule has 1 aromatic carbocycles. The number of ether oxygens (including phenoxy) is 1. The van der Waals surface area contributed by atoms with Gasteiger partial charge in [0.1, 0.15) is 6.61 Å². The molecule has 1 saturated heterocycles. The lowest BCUT2D eigenvalue weighted by atomic mass is 10.2. The van der Waals surface area contributed by atoms with Crippen LogP contribution in [-0.4, -0.2) is 41.7 Å². The first kappa shape index (κ1) is 14.1. The largest absolute Gasteiger partial charge is 0.444 e. The van der Waals surface area contributed by atoms with Gasteiger partial charge in [-0.2, -0.15) is 0 Å². The van der Waals surface area contributed by atoms with Crippen LogP contribution in [0.3, 0.4) is 0 Å². The highest BCUT2D eigenvalue weighted by Crippen LogP contribution is 2.21. The van der Waals surface area contributed by atoms with Crippen molar-refractivity contribution < 1.29 is 9.53 Å². The Bertz CT molecular complexity index is 495. The van der Waals surface area contributed by atoms with E-state index in [1.165, 1.54) is 12.8 Å². The average molecular weight is 286 g/mol. The molecule has 112 valence electrons. The van der Waals surface area contributed by atoms with Gasteiger partial charge >= 0.3 is 6.09 Å². The lowest BCUT2D eigenvalue weighted by Crippen LogP contribution is -2.51. The number of hydrogen-bond acceptors (Lipinski definition) is 3. The fourth-order valence-electron chi connectivity index (χ4n) is 3.04. The van der Waals surface area contributed by atoms with E-state index < -0.39 is 0 Å². The maximum Gasteiger partial charge on any atom is 0.411 e. The second kappa shape index (κ2) is 6.76. The van der Waals surface area contributed by atoms with Crippen LogP contribution in [0.1, 0.15) is 24.8 Å². The van der Waals surface area contributed by atoms with Gasteiger partial charge < -0.3 is 4.74 Å². The molecular formula is C17H22N2O2. The Morgan fingerprint density at radius 1 is 1.14 bits per heavy atom. The first-order valence-corrected chi connectivity index (χ1v) is 7.71. The molecule has 0 aliphatic carbocycles. The van der Waals surface area contributed by atoms with Crippen LogP contribution < -0.4 is 0 Å². The van der Waals surface area contributed by atoms with E-state index in [1.807, 2.05) is 35.2 Å². The second-order valence-corrected chi connectivity index (χ2v) is 5.62. The fourth-order valence-corrected chi connectivity index (χ4v) is 3.04. The lowest BCUT2D eigenvalue weighted by Gasteiger charge is -2.38. The summed E-state index contributed by atoms with van der Waals surface area (Å²) in [5.74, 6) is 0. The number of carbonyl (C=O) groups excluding carboxylic acids is 1. The summed E-state index contributed by atoms with van der Waals surface area (Å²) in [5.41, 5.74) is 1.02. The first-order chi connectivity index (χ1) is 10.3. The van der Waals surface area contributed by atoms with Gasteiger partial charge in [-0.3, -0.25) is 9.80 Å². The Kier molecular flexibility index (Phi) is 4.55. The highest BCUT2D eigenvalue weighted by molar-refractivity contribution is 5.68. The number of nitrogens with zero attached hydrogens (tertiary/aromatic N) is 2. The molecule has 0 saturated carbocycles. The minimum atomic E-state index is -0.208. The van der Waals surface area contributed by atoms with E-state index in [4.69, 9.17) is 4.74 Å². The third-order valence-corrected chi connectivity index (χ3v) is 4.18. The highest BCUT2D eigenvalue weighted by Gasteiger charge is 2.31. The smallest absolute Gasteiger partial charge is 0.411 e. The monoisotopic (exact) mass is 286 g/mol. The molecule has 4 nitrogen and oxygen atoms in total. The second-order valence-electron chi connectivity index (χ2n) is 5.62. The fraction of sp³-hybridized carbons (Fsp3) is 0.471. The van der Waals surface area contributed by atoms with E-state index in [9.17, 15) is 4.79 Å². The average Bonchev–Trinajstić information content (AvgIpc) is 3.08.